The Labute approximate surface area is 189 Å². The molecule has 170 valence electrons. The lowest BCUT2D eigenvalue weighted by Crippen LogP contribution is -2.37. The van der Waals surface area contributed by atoms with E-state index in [0.29, 0.717) is 29.7 Å². The van der Waals surface area contributed by atoms with Gasteiger partial charge in [-0.2, -0.15) is 0 Å². The van der Waals surface area contributed by atoms with Crippen molar-refractivity contribution in [1.29, 1.82) is 0 Å². The van der Waals surface area contributed by atoms with Crippen LogP contribution in [-0.2, 0) is 14.1 Å². The summed E-state index contributed by atoms with van der Waals surface area (Å²) in [5.41, 5.74) is -0.214. The number of hydrogen-bond acceptors (Lipinski definition) is 6. The number of halogens is 1. The molecule has 0 spiro atoms. The Morgan fingerprint density at radius 2 is 1.91 bits per heavy atom. The fraction of sp³-hybridized carbons (Fsp3) is 0.364. The summed E-state index contributed by atoms with van der Waals surface area (Å²) >= 11 is 6.35. The zero-order valence-corrected chi connectivity index (χ0v) is 19.3. The van der Waals surface area contributed by atoms with Crippen molar-refractivity contribution < 1.29 is 14.3 Å². The Hall–Kier alpha value is -3.33. The highest BCUT2D eigenvalue weighted by Gasteiger charge is 2.17. The van der Waals surface area contributed by atoms with E-state index in [-0.39, 0.29) is 21.6 Å². The Bertz CT molecular complexity index is 1300. The predicted octanol–water partition coefficient (Wildman–Crippen LogP) is 2.97. The molecule has 32 heavy (non-hydrogen) atoms. The summed E-state index contributed by atoms with van der Waals surface area (Å²) in [5.74, 6) is 0.719. The zero-order chi connectivity index (χ0) is 23.6. The monoisotopic (exact) mass is 460 g/mol. The standard InChI is InChI=1S/C22H25ClN4O5/c1-12(2)6-7-32-18-16(23)8-13(9-17(18)31-5)20(28)25-14-10-15-19(24-11-14)26(3)22(30)27(4)21(15)29/h8-12H,6-7H2,1-5H3,(H,25,28). The van der Waals surface area contributed by atoms with E-state index in [1.54, 1.807) is 0 Å². The Morgan fingerprint density at radius 1 is 1.19 bits per heavy atom. The number of nitrogens with zero attached hydrogens (tertiary/aromatic N) is 3. The molecule has 1 amide bonds. The minimum Gasteiger partial charge on any atom is -0.493 e. The summed E-state index contributed by atoms with van der Waals surface area (Å²) in [6.45, 7) is 4.65. The highest BCUT2D eigenvalue weighted by Crippen LogP contribution is 2.37. The van der Waals surface area contributed by atoms with Gasteiger partial charge < -0.3 is 14.8 Å². The van der Waals surface area contributed by atoms with Crippen LogP contribution < -0.4 is 26.0 Å². The molecule has 1 N–H and O–H groups in total. The molecule has 0 fully saturated rings. The highest BCUT2D eigenvalue weighted by molar-refractivity contribution is 6.32. The second-order valence-corrected chi connectivity index (χ2v) is 8.18. The SMILES string of the molecule is COc1cc(C(=O)Nc2cnc3c(c2)c(=O)n(C)c(=O)n3C)cc(Cl)c1OCCC(C)C. The van der Waals surface area contributed by atoms with E-state index in [1.165, 1.54) is 50.2 Å². The molecule has 10 heteroatoms. The van der Waals surface area contributed by atoms with Crippen LogP contribution in [0.15, 0.2) is 34.0 Å². The summed E-state index contributed by atoms with van der Waals surface area (Å²) in [5, 5.41) is 3.15. The second-order valence-electron chi connectivity index (χ2n) is 7.78. The van der Waals surface area contributed by atoms with E-state index in [1.807, 2.05) is 0 Å². The van der Waals surface area contributed by atoms with Crippen molar-refractivity contribution in [2.45, 2.75) is 20.3 Å². The van der Waals surface area contributed by atoms with Crippen LogP contribution in [0.25, 0.3) is 11.0 Å². The quantitative estimate of drug-likeness (QED) is 0.581. The van der Waals surface area contributed by atoms with Crippen LogP contribution in [0, 0.1) is 5.92 Å². The smallest absolute Gasteiger partial charge is 0.332 e. The van der Waals surface area contributed by atoms with Gasteiger partial charge in [-0.15, -0.1) is 0 Å². The van der Waals surface area contributed by atoms with Gasteiger partial charge >= 0.3 is 5.69 Å². The van der Waals surface area contributed by atoms with Crippen molar-refractivity contribution in [2.24, 2.45) is 20.0 Å². The molecule has 2 heterocycles. The van der Waals surface area contributed by atoms with Crippen LogP contribution in [0.3, 0.4) is 0 Å². The van der Waals surface area contributed by atoms with Gasteiger partial charge in [0.25, 0.3) is 11.5 Å². The summed E-state index contributed by atoms with van der Waals surface area (Å²) in [4.78, 5) is 41.5. The second kappa shape index (κ2) is 9.44. The third-order valence-corrected chi connectivity index (χ3v) is 5.27. The van der Waals surface area contributed by atoms with E-state index in [4.69, 9.17) is 21.1 Å². The number of hydrogen-bond donors (Lipinski definition) is 1. The van der Waals surface area contributed by atoms with Crippen LogP contribution >= 0.6 is 11.6 Å². The van der Waals surface area contributed by atoms with Gasteiger partial charge in [-0.25, -0.2) is 9.78 Å². The van der Waals surface area contributed by atoms with E-state index >= 15 is 0 Å². The van der Waals surface area contributed by atoms with Gasteiger partial charge in [0.15, 0.2) is 11.5 Å². The van der Waals surface area contributed by atoms with E-state index in [2.05, 4.69) is 24.1 Å². The number of rotatable bonds is 7. The molecule has 0 aliphatic heterocycles. The van der Waals surface area contributed by atoms with Crippen molar-refractivity contribution in [3.05, 3.63) is 55.8 Å². The molecule has 0 aliphatic rings. The van der Waals surface area contributed by atoms with Crippen molar-refractivity contribution in [1.82, 2.24) is 14.1 Å². The van der Waals surface area contributed by atoms with Crippen LogP contribution in [0.1, 0.15) is 30.6 Å². The molecule has 3 rings (SSSR count). The number of carbonyl (C=O) groups excluding carboxylic acids is 1. The summed E-state index contributed by atoms with van der Waals surface area (Å²) in [6, 6.07) is 4.49. The average Bonchev–Trinajstić information content (AvgIpc) is 2.76. The van der Waals surface area contributed by atoms with Crippen molar-refractivity contribution >= 4 is 34.2 Å². The summed E-state index contributed by atoms with van der Waals surface area (Å²) in [7, 11) is 4.37. The van der Waals surface area contributed by atoms with Gasteiger partial charge in [-0.05, 0) is 30.5 Å². The molecule has 0 saturated carbocycles. The maximum absolute atomic E-state index is 12.8. The lowest BCUT2D eigenvalue weighted by atomic mass is 10.1. The van der Waals surface area contributed by atoms with Crippen LogP contribution in [0.5, 0.6) is 11.5 Å². The first-order chi connectivity index (χ1) is 15.1. The van der Waals surface area contributed by atoms with Crippen molar-refractivity contribution in [3.63, 3.8) is 0 Å². The zero-order valence-electron chi connectivity index (χ0n) is 18.6. The number of anilines is 1. The number of nitrogens with one attached hydrogen (secondary N) is 1. The molecule has 2 aromatic heterocycles. The van der Waals surface area contributed by atoms with Gasteiger partial charge in [0.2, 0.25) is 0 Å². The first-order valence-corrected chi connectivity index (χ1v) is 10.4. The van der Waals surface area contributed by atoms with Crippen LogP contribution in [0.2, 0.25) is 5.02 Å². The maximum Gasteiger partial charge on any atom is 0.332 e. The molecule has 0 radical (unpaired) electrons. The number of aryl methyl sites for hydroxylation is 1. The predicted molar refractivity (Wildman–Crippen MR) is 123 cm³/mol. The molecule has 0 bridgehead atoms. The lowest BCUT2D eigenvalue weighted by Gasteiger charge is -2.15. The number of methoxy groups -OCH3 is 1. The van der Waals surface area contributed by atoms with Gasteiger partial charge in [-0.1, -0.05) is 25.4 Å². The van der Waals surface area contributed by atoms with Gasteiger partial charge in [-0.3, -0.25) is 18.7 Å². The number of pyridine rings is 1. The van der Waals surface area contributed by atoms with Crippen molar-refractivity contribution in [3.8, 4) is 11.5 Å². The number of amides is 1. The van der Waals surface area contributed by atoms with Crippen LogP contribution in [-0.4, -0.2) is 33.7 Å². The van der Waals surface area contributed by atoms with Crippen molar-refractivity contribution in [2.75, 3.05) is 19.0 Å². The van der Waals surface area contributed by atoms with Gasteiger partial charge in [0.1, 0.15) is 5.65 Å². The Balaban J connectivity index is 1.90. The summed E-state index contributed by atoms with van der Waals surface area (Å²) < 4.78 is 13.4. The number of ether oxygens (including phenoxy) is 2. The number of carbonyl (C=O) groups is 1. The number of fused-ring (bicyclic) bond motifs is 1. The molecular weight excluding hydrogens is 436 g/mol. The Morgan fingerprint density at radius 3 is 2.56 bits per heavy atom. The largest absolute Gasteiger partial charge is 0.493 e. The lowest BCUT2D eigenvalue weighted by molar-refractivity contribution is 0.102. The first-order valence-electron chi connectivity index (χ1n) is 10.0. The Kier molecular flexibility index (Phi) is 6.88. The third-order valence-electron chi connectivity index (χ3n) is 4.98. The van der Waals surface area contributed by atoms with Crippen LogP contribution in [0.4, 0.5) is 5.69 Å². The minimum absolute atomic E-state index is 0.205. The van der Waals surface area contributed by atoms with E-state index in [0.717, 1.165) is 11.0 Å². The normalized spacial score (nSPS) is 11.1. The fourth-order valence-corrected chi connectivity index (χ4v) is 3.39. The third kappa shape index (κ3) is 4.62. The topological polar surface area (TPSA) is 104 Å². The summed E-state index contributed by atoms with van der Waals surface area (Å²) in [6.07, 6.45) is 2.23. The fourth-order valence-electron chi connectivity index (χ4n) is 3.12. The molecule has 0 aliphatic carbocycles. The number of aromatic nitrogens is 3. The molecule has 1 aromatic carbocycles. The van der Waals surface area contributed by atoms with E-state index < -0.39 is 17.2 Å². The highest BCUT2D eigenvalue weighted by atomic mass is 35.5. The molecule has 0 atom stereocenters. The van der Waals surface area contributed by atoms with Gasteiger partial charge in [0.05, 0.1) is 36.0 Å². The first kappa shape index (κ1) is 23.3. The number of benzene rings is 1. The average molecular weight is 461 g/mol. The molecule has 0 unspecified atom stereocenters. The van der Waals surface area contributed by atoms with Gasteiger partial charge in [0, 0.05) is 19.7 Å². The maximum atomic E-state index is 12.8. The molecular formula is C22H25ClN4O5. The molecule has 3 aromatic rings. The van der Waals surface area contributed by atoms with E-state index in [9.17, 15) is 14.4 Å². The minimum atomic E-state index is -0.501. The molecule has 9 nitrogen and oxygen atoms in total. The molecule has 0 saturated heterocycles.